The average molecular weight is 471 g/mol. The fourth-order valence-electron chi connectivity index (χ4n) is 3.76. The molecular weight excluding hydrogens is 440 g/mol. The predicted molar refractivity (Wildman–Crippen MR) is 140 cm³/mol. The molecule has 0 bridgehead atoms. The van der Waals surface area contributed by atoms with Gasteiger partial charge < -0.3 is 25.4 Å². The Morgan fingerprint density at radius 1 is 0.686 bits per heavy atom. The lowest BCUT2D eigenvalue weighted by Gasteiger charge is -2.08. The smallest absolute Gasteiger partial charge is 0.135 e. The van der Waals surface area contributed by atoms with Crippen LogP contribution in [-0.2, 0) is 0 Å². The van der Waals surface area contributed by atoms with Crippen LogP contribution < -0.4 is 20.9 Å². The SMILES string of the molecule is N=C(N)c1ccc(OCCCCCCOc2cccc(-c3cc4cc(C(=N)N)ccc4o3)c2)cc1. The van der Waals surface area contributed by atoms with E-state index >= 15 is 0 Å². The van der Waals surface area contributed by atoms with Crippen LogP contribution in [0, 0.1) is 10.8 Å². The fraction of sp³-hybridized carbons (Fsp3) is 0.214. The van der Waals surface area contributed by atoms with Crippen LogP contribution in [0.1, 0.15) is 36.8 Å². The maximum Gasteiger partial charge on any atom is 0.135 e. The highest BCUT2D eigenvalue weighted by atomic mass is 16.5. The van der Waals surface area contributed by atoms with Crippen LogP contribution in [0.15, 0.2) is 77.2 Å². The first-order valence-corrected chi connectivity index (χ1v) is 11.7. The van der Waals surface area contributed by atoms with Crippen molar-refractivity contribution in [3.05, 3.63) is 83.9 Å². The summed E-state index contributed by atoms with van der Waals surface area (Å²) in [5, 5.41) is 15.9. The minimum Gasteiger partial charge on any atom is -0.494 e. The average Bonchev–Trinajstić information content (AvgIpc) is 3.30. The van der Waals surface area contributed by atoms with E-state index in [0.717, 1.165) is 59.5 Å². The van der Waals surface area contributed by atoms with Crippen molar-refractivity contribution >= 4 is 22.6 Å². The lowest BCUT2D eigenvalue weighted by atomic mass is 10.1. The van der Waals surface area contributed by atoms with Crippen molar-refractivity contribution in [2.75, 3.05) is 13.2 Å². The molecule has 7 heteroatoms. The summed E-state index contributed by atoms with van der Waals surface area (Å²) >= 11 is 0. The number of nitrogens with two attached hydrogens (primary N) is 2. The van der Waals surface area contributed by atoms with Gasteiger partial charge in [0.15, 0.2) is 0 Å². The first kappa shape index (κ1) is 23.9. The molecule has 7 nitrogen and oxygen atoms in total. The molecule has 180 valence electrons. The van der Waals surface area contributed by atoms with Crippen LogP contribution in [0.25, 0.3) is 22.3 Å². The summed E-state index contributed by atoms with van der Waals surface area (Å²) in [5.41, 5.74) is 14.1. The molecule has 0 atom stereocenters. The Hall–Kier alpha value is -4.26. The second kappa shape index (κ2) is 11.2. The number of amidine groups is 2. The molecule has 0 saturated heterocycles. The zero-order chi connectivity index (χ0) is 24.6. The topological polar surface area (TPSA) is 131 Å². The van der Waals surface area contributed by atoms with E-state index in [9.17, 15) is 0 Å². The van der Waals surface area contributed by atoms with Crippen molar-refractivity contribution in [3.8, 4) is 22.8 Å². The van der Waals surface area contributed by atoms with E-state index < -0.39 is 0 Å². The van der Waals surface area contributed by atoms with E-state index in [-0.39, 0.29) is 11.7 Å². The molecule has 0 aliphatic heterocycles. The van der Waals surface area contributed by atoms with Gasteiger partial charge in [-0.05, 0) is 86.3 Å². The molecule has 35 heavy (non-hydrogen) atoms. The van der Waals surface area contributed by atoms with Crippen LogP contribution >= 0.6 is 0 Å². The number of unbranched alkanes of at least 4 members (excludes halogenated alkanes) is 3. The summed E-state index contributed by atoms with van der Waals surface area (Å²) in [6, 6.07) is 22.6. The minimum absolute atomic E-state index is 0.0398. The van der Waals surface area contributed by atoms with Gasteiger partial charge in [-0.25, -0.2) is 0 Å². The summed E-state index contributed by atoms with van der Waals surface area (Å²) in [6.07, 6.45) is 4.07. The summed E-state index contributed by atoms with van der Waals surface area (Å²) in [6.45, 7) is 1.31. The maximum atomic E-state index is 7.61. The van der Waals surface area contributed by atoms with E-state index in [2.05, 4.69) is 0 Å². The molecule has 0 saturated carbocycles. The Kier molecular flexibility index (Phi) is 7.67. The second-order valence-corrected chi connectivity index (χ2v) is 8.35. The van der Waals surface area contributed by atoms with Gasteiger partial charge in [-0.3, -0.25) is 10.8 Å². The Labute approximate surface area is 204 Å². The van der Waals surface area contributed by atoms with Crippen molar-refractivity contribution in [2.24, 2.45) is 11.5 Å². The molecule has 1 heterocycles. The van der Waals surface area contributed by atoms with Crippen LogP contribution in [0.3, 0.4) is 0 Å². The summed E-state index contributed by atoms with van der Waals surface area (Å²) in [4.78, 5) is 0. The zero-order valence-corrected chi connectivity index (χ0v) is 19.6. The maximum absolute atomic E-state index is 7.61. The molecule has 0 radical (unpaired) electrons. The first-order chi connectivity index (χ1) is 17.0. The Bertz CT molecular complexity index is 1310. The van der Waals surface area contributed by atoms with E-state index in [1.807, 2.05) is 54.6 Å². The third kappa shape index (κ3) is 6.41. The zero-order valence-electron chi connectivity index (χ0n) is 19.6. The van der Waals surface area contributed by atoms with E-state index in [0.29, 0.717) is 24.3 Å². The van der Waals surface area contributed by atoms with Crippen molar-refractivity contribution in [1.82, 2.24) is 0 Å². The fourth-order valence-corrected chi connectivity index (χ4v) is 3.76. The number of nitrogens with one attached hydrogen (secondary N) is 2. The standard InChI is InChI=1S/C28H30N4O3/c29-27(30)19-8-11-23(12-9-19)33-14-3-1-2-4-15-34-24-7-5-6-20(17-24)26-18-22-16-21(28(31)32)10-13-25(22)35-26/h5-13,16-18H,1-4,14-15H2,(H3,29,30)(H3,31,32). The van der Waals surface area contributed by atoms with Gasteiger partial charge in [0.1, 0.15) is 34.5 Å². The molecule has 0 fully saturated rings. The van der Waals surface area contributed by atoms with Gasteiger partial charge in [-0.1, -0.05) is 12.1 Å². The quantitative estimate of drug-likeness (QED) is 0.120. The first-order valence-electron chi connectivity index (χ1n) is 11.7. The van der Waals surface area contributed by atoms with Crippen molar-refractivity contribution < 1.29 is 13.9 Å². The van der Waals surface area contributed by atoms with E-state index in [4.69, 9.17) is 36.2 Å². The van der Waals surface area contributed by atoms with Crippen molar-refractivity contribution in [3.63, 3.8) is 0 Å². The van der Waals surface area contributed by atoms with Crippen LogP contribution in [0.4, 0.5) is 0 Å². The molecule has 0 unspecified atom stereocenters. The van der Waals surface area contributed by atoms with E-state index in [1.165, 1.54) is 0 Å². The van der Waals surface area contributed by atoms with Gasteiger partial charge in [-0.15, -0.1) is 0 Å². The number of rotatable bonds is 12. The predicted octanol–water partition coefficient (Wildman–Crippen LogP) is 5.69. The number of hydrogen-bond acceptors (Lipinski definition) is 5. The highest BCUT2D eigenvalue weighted by Gasteiger charge is 2.09. The third-order valence-electron chi connectivity index (χ3n) is 5.69. The number of hydrogen-bond donors (Lipinski definition) is 4. The van der Waals surface area contributed by atoms with Crippen molar-refractivity contribution in [1.29, 1.82) is 10.8 Å². The molecule has 1 aromatic heterocycles. The van der Waals surface area contributed by atoms with Crippen LogP contribution in [0.2, 0.25) is 0 Å². The molecule has 0 amide bonds. The molecule has 0 aliphatic rings. The molecule has 0 aliphatic carbocycles. The van der Waals surface area contributed by atoms with Crippen LogP contribution in [0.5, 0.6) is 11.5 Å². The van der Waals surface area contributed by atoms with Gasteiger partial charge in [0, 0.05) is 22.1 Å². The van der Waals surface area contributed by atoms with Gasteiger partial charge in [-0.2, -0.15) is 0 Å². The third-order valence-corrected chi connectivity index (χ3v) is 5.69. The molecule has 6 N–H and O–H groups in total. The Balaban J connectivity index is 1.19. The molecule has 3 aromatic carbocycles. The monoisotopic (exact) mass is 470 g/mol. The number of nitrogen functional groups attached to an aromatic ring is 2. The molecule has 4 aromatic rings. The number of ether oxygens (including phenoxy) is 2. The van der Waals surface area contributed by atoms with Gasteiger partial charge in [0.2, 0.25) is 0 Å². The molecule has 0 spiro atoms. The summed E-state index contributed by atoms with van der Waals surface area (Å²) in [7, 11) is 0. The lowest BCUT2D eigenvalue weighted by Crippen LogP contribution is -2.10. The lowest BCUT2D eigenvalue weighted by molar-refractivity contribution is 0.287. The largest absolute Gasteiger partial charge is 0.494 e. The van der Waals surface area contributed by atoms with Crippen LogP contribution in [-0.4, -0.2) is 24.9 Å². The summed E-state index contributed by atoms with van der Waals surface area (Å²) < 4.78 is 17.7. The van der Waals surface area contributed by atoms with Gasteiger partial charge >= 0.3 is 0 Å². The Morgan fingerprint density at radius 3 is 2.03 bits per heavy atom. The number of fused-ring (bicyclic) bond motifs is 1. The van der Waals surface area contributed by atoms with Gasteiger partial charge in [0.25, 0.3) is 0 Å². The normalized spacial score (nSPS) is 10.9. The number of benzene rings is 3. The molecular formula is C28H30N4O3. The Morgan fingerprint density at radius 2 is 1.34 bits per heavy atom. The number of furan rings is 1. The van der Waals surface area contributed by atoms with Crippen molar-refractivity contribution in [2.45, 2.75) is 25.7 Å². The summed E-state index contributed by atoms with van der Waals surface area (Å²) in [5.74, 6) is 2.45. The molecule has 4 rings (SSSR count). The van der Waals surface area contributed by atoms with E-state index in [1.54, 1.807) is 18.2 Å². The van der Waals surface area contributed by atoms with Gasteiger partial charge in [0.05, 0.1) is 13.2 Å². The minimum atomic E-state index is 0.0398. The highest BCUT2D eigenvalue weighted by Crippen LogP contribution is 2.30. The second-order valence-electron chi connectivity index (χ2n) is 8.35. The highest BCUT2D eigenvalue weighted by molar-refractivity contribution is 5.99.